The molecule has 1 fully saturated rings. The second kappa shape index (κ2) is 7.68. The Morgan fingerprint density at radius 2 is 2.04 bits per heavy atom. The zero-order chi connectivity index (χ0) is 19.6. The van der Waals surface area contributed by atoms with Crippen LogP contribution in [0.15, 0.2) is 36.5 Å². The molecule has 2 aromatic rings. The predicted octanol–water partition coefficient (Wildman–Crippen LogP) is 2.96. The molecule has 7 heteroatoms. The Balaban J connectivity index is 1.74. The van der Waals surface area contributed by atoms with Crippen LogP contribution in [0.25, 0.3) is 0 Å². The van der Waals surface area contributed by atoms with Crippen molar-refractivity contribution >= 4 is 27.2 Å². The molecule has 0 spiro atoms. The second-order valence-electron chi connectivity index (χ2n) is 7.02. The molecule has 1 amide bonds. The van der Waals surface area contributed by atoms with Crippen LogP contribution >= 0.6 is 0 Å². The lowest BCUT2D eigenvalue weighted by molar-refractivity contribution is 0.102. The van der Waals surface area contributed by atoms with Gasteiger partial charge in [0.2, 0.25) is 0 Å². The molecule has 2 heterocycles. The summed E-state index contributed by atoms with van der Waals surface area (Å²) in [5.41, 5.74) is 3.33. The van der Waals surface area contributed by atoms with Gasteiger partial charge in [-0.25, -0.2) is 13.4 Å². The smallest absolute Gasteiger partial charge is 0.257 e. The minimum atomic E-state index is -2.96. The van der Waals surface area contributed by atoms with Crippen LogP contribution in [0.5, 0.6) is 0 Å². The number of aromatic nitrogens is 1. The van der Waals surface area contributed by atoms with E-state index in [1.807, 2.05) is 43.9 Å². The topological polar surface area (TPSA) is 79.4 Å². The van der Waals surface area contributed by atoms with E-state index in [0.717, 1.165) is 16.8 Å². The van der Waals surface area contributed by atoms with Crippen LogP contribution in [0.2, 0.25) is 0 Å². The third-order valence-corrected chi connectivity index (χ3v) is 6.69. The van der Waals surface area contributed by atoms with E-state index in [1.165, 1.54) is 0 Å². The van der Waals surface area contributed by atoms with Crippen molar-refractivity contribution in [2.75, 3.05) is 28.3 Å². The molecule has 1 aliphatic heterocycles. The lowest BCUT2D eigenvalue weighted by Gasteiger charge is -2.28. The lowest BCUT2D eigenvalue weighted by atomic mass is 10.1. The Morgan fingerprint density at radius 3 is 2.63 bits per heavy atom. The van der Waals surface area contributed by atoms with E-state index < -0.39 is 9.84 Å². The summed E-state index contributed by atoms with van der Waals surface area (Å²) in [6, 6.07) is 9.38. The van der Waals surface area contributed by atoms with E-state index in [9.17, 15) is 13.2 Å². The minimum absolute atomic E-state index is 0.0536. The van der Waals surface area contributed by atoms with Crippen LogP contribution in [0.4, 0.5) is 11.5 Å². The first kappa shape index (κ1) is 19.4. The monoisotopic (exact) mass is 387 g/mol. The highest BCUT2D eigenvalue weighted by Gasteiger charge is 2.32. The molecule has 0 aliphatic carbocycles. The number of carbonyl (C=O) groups is 1. The maximum absolute atomic E-state index is 12.5. The fraction of sp³-hybridized carbons (Fsp3) is 0.400. The van der Waals surface area contributed by atoms with Gasteiger partial charge in [-0.1, -0.05) is 12.1 Å². The average Bonchev–Trinajstić information content (AvgIpc) is 2.99. The summed E-state index contributed by atoms with van der Waals surface area (Å²) in [5.74, 6) is 0.874. The Labute approximate surface area is 160 Å². The molecule has 0 bridgehead atoms. The van der Waals surface area contributed by atoms with Gasteiger partial charge >= 0.3 is 0 Å². The number of amides is 1. The fourth-order valence-corrected chi connectivity index (χ4v) is 5.11. The maximum Gasteiger partial charge on any atom is 0.257 e. The largest absolute Gasteiger partial charge is 0.353 e. The molecule has 1 saturated heterocycles. The van der Waals surface area contributed by atoms with E-state index in [0.29, 0.717) is 24.3 Å². The molecule has 1 atom stereocenters. The van der Waals surface area contributed by atoms with Gasteiger partial charge in [-0.05, 0) is 56.5 Å². The maximum atomic E-state index is 12.5. The molecule has 27 heavy (non-hydrogen) atoms. The Bertz CT molecular complexity index is 939. The van der Waals surface area contributed by atoms with Crippen molar-refractivity contribution in [3.63, 3.8) is 0 Å². The number of hydrogen-bond acceptors (Lipinski definition) is 5. The van der Waals surface area contributed by atoms with E-state index in [4.69, 9.17) is 0 Å². The third-order valence-electron chi connectivity index (χ3n) is 4.94. The summed E-state index contributed by atoms with van der Waals surface area (Å²) in [5, 5.41) is 2.92. The number of carbonyl (C=O) groups excluding carboxylic acids is 1. The Morgan fingerprint density at radius 1 is 1.26 bits per heavy atom. The van der Waals surface area contributed by atoms with Gasteiger partial charge in [0.15, 0.2) is 9.84 Å². The molecule has 1 aromatic heterocycles. The molecule has 0 saturated carbocycles. The molecule has 1 aliphatic rings. The highest BCUT2D eigenvalue weighted by atomic mass is 32.2. The van der Waals surface area contributed by atoms with Gasteiger partial charge in [0, 0.05) is 24.5 Å². The van der Waals surface area contributed by atoms with Crippen molar-refractivity contribution in [3.05, 3.63) is 53.2 Å². The summed E-state index contributed by atoms with van der Waals surface area (Å²) in [4.78, 5) is 18.9. The summed E-state index contributed by atoms with van der Waals surface area (Å²) in [6.45, 7) is 6.58. The zero-order valence-corrected chi connectivity index (χ0v) is 16.7. The van der Waals surface area contributed by atoms with Crippen molar-refractivity contribution < 1.29 is 13.2 Å². The first-order valence-electron chi connectivity index (χ1n) is 9.11. The quantitative estimate of drug-likeness (QED) is 0.853. The van der Waals surface area contributed by atoms with Crippen molar-refractivity contribution in [2.24, 2.45) is 0 Å². The number of pyridine rings is 1. The first-order valence-corrected chi connectivity index (χ1v) is 10.9. The number of sulfone groups is 1. The predicted molar refractivity (Wildman–Crippen MR) is 108 cm³/mol. The van der Waals surface area contributed by atoms with Crippen molar-refractivity contribution in [2.45, 2.75) is 33.2 Å². The molecule has 1 aromatic carbocycles. The van der Waals surface area contributed by atoms with Gasteiger partial charge in [0.1, 0.15) is 5.82 Å². The zero-order valence-electron chi connectivity index (χ0n) is 15.9. The van der Waals surface area contributed by atoms with Crippen LogP contribution < -0.4 is 10.2 Å². The van der Waals surface area contributed by atoms with E-state index >= 15 is 0 Å². The van der Waals surface area contributed by atoms with Crippen molar-refractivity contribution in [1.29, 1.82) is 0 Å². The SMILES string of the molecule is CCN(c1ccc(C(=O)Nc2cc(C)ccc2C)cn1)C1CCS(=O)(=O)C1. The normalized spacial score (nSPS) is 18.3. The number of nitrogens with zero attached hydrogens (tertiary/aromatic N) is 2. The van der Waals surface area contributed by atoms with Gasteiger partial charge in [-0.2, -0.15) is 0 Å². The fourth-order valence-electron chi connectivity index (χ4n) is 3.38. The number of anilines is 2. The lowest BCUT2D eigenvalue weighted by Crippen LogP contribution is -2.36. The van der Waals surface area contributed by atoms with Crippen LogP contribution in [0.3, 0.4) is 0 Å². The van der Waals surface area contributed by atoms with Crippen LogP contribution in [-0.4, -0.2) is 43.4 Å². The minimum Gasteiger partial charge on any atom is -0.353 e. The molecule has 1 N–H and O–H groups in total. The molecule has 0 radical (unpaired) electrons. The average molecular weight is 388 g/mol. The molecule has 144 valence electrons. The Kier molecular flexibility index (Phi) is 5.51. The standard InChI is InChI=1S/C20H25N3O3S/c1-4-23(17-9-10-27(25,26)13-17)19-8-7-16(12-21-19)20(24)22-18-11-14(2)5-6-15(18)3/h5-8,11-12,17H,4,9-10,13H2,1-3H3,(H,22,24). The van der Waals surface area contributed by atoms with Crippen molar-refractivity contribution in [1.82, 2.24) is 4.98 Å². The molecule has 1 unspecified atom stereocenters. The highest BCUT2D eigenvalue weighted by molar-refractivity contribution is 7.91. The molecular formula is C20H25N3O3S. The summed E-state index contributed by atoms with van der Waals surface area (Å²) >= 11 is 0. The summed E-state index contributed by atoms with van der Waals surface area (Å²) in [6.07, 6.45) is 2.16. The number of nitrogens with one attached hydrogen (secondary N) is 1. The molecule has 6 nitrogen and oxygen atoms in total. The van der Waals surface area contributed by atoms with E-state index in [2.05, 4.69) is 10.3 Å². The van der Waals surface area contributed by atoms with Crippen LogP contribution in [-0.2, 0) is 9.84 Å². The second-order valence-corrected chi connectivity index (χ2v) is 9.25. The summed E-state index contributed by atoms with van der Waals surface area (Å²) < 4.78 is 23.5. The molecule has 3 rings (SSSR count). The van der Waals surface area contributed by atoms with Gasteiger partial charge in [-0.3, -0.25) is 4.79 Å². The number of hydrogen-bond donors (Lipinski definition) is 1. The van der Waals surface area contributed by atoms with E-state index in [-0.39, 0.29) is 23.5 Å². The third kappa shape index (κ3) is 4.47. The number of aryl methyl sites for hydroxylation is 2. The van der Waals surface area contributed by atoms with Gasteiger partial charge in [0.25, 0.3) is 5.91 Å². The molecular weight excluding hydrogens is 362 g/mol. The first-order chi connectivity index (χ1) is 12.8. The van der Waals surface area contributed by atoms with Crippen molar-refractivity contribution in [3.8, 4) is 0 Å². The van der Waals surface area contributed by atoms with Gasteiger partial charge in [0.05, 0.1) is 17.1 Å². The van der Waals surface area contributed by atoms with Gasteiger partial charge in [-0.15, -0.1) is 0 Å². The Hall–Kier alpha value is -2.41. The van der Waals surface area contributed by atoms with Gasteiger partial charge < -0.3 is 10.2 Å². The van der Waals surface area contributed by atoms with Crippen LogP contribution in [0, 0.1) is 13.8 Å². The number of rotatable bonds is 5. The number of benzene rings is 1. The van der Waals surface area contributed by atoms with E-state index in [1.54, 1.807) is 18.3 Å². The van der Waals surface area contributed by atoms with Crippen LogP contribution in [0.1, 0.15) is 34.8 Å². The highest BCUT2D eigenvalue weighted by Crippen LogP contribution is 2.23. The summed E-state index contributed by atoms with van der Waals surface area (Å²) in [7, 11) is -2.96.